The fraction of sp³-hybridized carbons (Fsp3) is 0.714. The second kappa shape index (κ2) is 7.73. The first-order chi connectivity index (χ1) is 9.47. The summed E-state index contributed by atoms with van der Waals surface area (Å²) in [4.78, 5) is 8.72. The Morgan fingerprint density at radius 1 is 1.57 bits per heavy atom. The van der Waals surface area contributed by atoms with Gasteiger partial charge in [-0.15, -0.1) is 35.3 Å². The number of hydrogen-bond acceptors (Lipinski definition) is 4. The number of thiazole rings is 1. The summed E-state index contributed by atoms with van der Waals surface area (Å²) >= 11 is 1.67. The maximum absolute atomic E-state index is 5.47. The van der Waals surface area contributed by atoms with Crippen LogP contribution in [0.5, 0.6) is 0 Å². The molecule has 1 aromatic rings. The molecule has 0 radical (unpaired) electrons. The van der Waals surface area contributed by atoms with Crippen LogP contribution >= 0.6 is 35.3 Å². The number of methoxy groups -OCH3 is 1. The second-order valence-electron chi connectivity index (χ2n) is 5.79. The smallest absolute Gasteiger partial charge is 0.191 e. The van der Waals surface area contributed by atoms with Crippen molar-refractivity contribution in [2.75, 3.05) is 14.2 Å². The molecule has 0 aliphatic heterocycles. The Morgan fingerprint density at radius 3 is 2.76 bits per heavy atom. The molecule has 7 heteroatoms. The van der Waals surface area contributed by atoms with E-state index in [2.05, 4.69) is 39.8 Å². The van der Waals surface area contributed by atoms with Gasteiger partial charge in [0.05, 0.1) is 12.6 Å². The largest absolute Gasteiger partial charge is 0.381 e. The number of nitrogens with zero attached hydrogens (tertiary/aromatic N) is 2. The number of nitrogens with one attached hydrogen (secondary N) is 2. The minimum atomic E-state index is 0. The maximum Gasteiger partial charge on any atom is 0.191 e. The van der Waals surface area contributed by atoms with E-state index in [4.69, 9.17) is 4.74 Å². The molecule has 1 heterocycles. The van der Waals surface area contributed by atoms with Crippen molar-refractivity contribution >= 4 is 41.3 Å². The van der Waals surface area contributed by atoms with Crippen molar-refractivity contribution in [3.8, 4) is 0 Å². The zero-order valence-corrected chi connectivity index (χ0v) is 16.4. The molecular formula is C14H25IN4OS. The fourth-order valence-corrected chi connectivity index (χ4v) is 3.24. The van der Waals surface area contributed by atoms with Crippen molar-refractivity contribution in [2.45, 2.75) is 45.9 Å². The molecule has 0 amide bonds. The summed E-state index contributed by atoms with van der Waals surface area (Å²) in [6.07, 6.45) is 1.33. The number of halogens is 1. The zero-order chi connectivity index (χ0) is 14.8. The SMILES string of the molecule is CN=C(NCc1nc(C)cs1)NC1CC(OC)C1(C)C.I. The summed E-state index contributed by atoms with van der Waals surface area (Å²) in [7, 11) is 3.57. The lowest BCUT2D eigenvalue weighted by Gasteiger charge is -2.51. The predicted octanol–water partition coefficient (Wildman–Crippen LogP) is 2.55. The van der Waals surface area contributed by atoms with Crippen molar-refractivity contribution in [1.82, 2.24) is 15.6 Å². The van der Waals surface area contributed by atoms with Crippen molar-refractivity contribution < 1.29 is 4.74 Å². The lowest BCUT2D eigenvalue weighted by atomic mass is 9.64. The molecule has 2 rings (SSSR count). The number of aryl methyl sites for hydroxylation is 1. The molecule has 21 heavy (non-hydrogen) atoms. The van der Waals surface area contributed by atoms with Crippen molar-refractivity contribution in [3.63, 3.8) is 0 Å². The zero-order valence-electron chi connectivity index (χ0n) is 13.3. The van der Waals surface area contributed by atoms with E-state index in [1.54, 1.807) is 25.5 Å². The molecule has 2 unspecified atom stereocenters. The third-order valence-corrected chi connectivity index (χ3v) is 5.04. The number of hydrogen-bond donors (Lipinski definition) is 2. The monoisotopic (exact) mass is 424 g/mol. The third-order valence-electron chi connectivity index (χ3n) is 4.07. The van der Waals surface area contributed by atoms with Crippen molar-refractivity contribution in [2.24, 2.45) is 10.4 Å². The Balaban J connectivity index is 0.00000220. The number of rotatable bonds is 4. The molecule has 1 fully saturated rings. The van der Waals surface area contributed by atoms with Crippen LogP contribution < -0.4 is 10.6 Å². The highest BCUT2D eigenvalue weighted by Gasteiger charge is 2.48. The number of aliphatic imine (C=N–C) groups is 1. The Labute approximate surface area is 148 Å². The van der Waals surface area contributed by atoms with Crippen LogP contribution in [0.25, 0.3) is 0 Å². The van der Waals surface area contributed by atoms with Gasteiger partial charge in [-0.2, -0.15) is 0 Å². The van der Waals surface area contributed by atoms with Crippen LogP contribution in [0.2, 0.25) is 0 Å². The van der Waals surface area contributed by atoms with Crippen LogP contribution in [-0.4, -0.2) is 37.2 Å². The predicted molar refractivity (Wildman–Crippen MR) is 98.6 cm³/mol. The summed E-state index contributed by atoms with van der Waals surface area (Å²) in [5.41, 5.74) is 1.20. The van der Waals surface area contributed by atoms with Gasteiger partial charge in [0.25, 0.3) is 0 Å². The molecule has 0 aromatic carbocycles. The first-order valence-corrected chi connectivity index (χ1v) is 7.76. The molecular weight excluding hydrogens is 399 g/mol. The Kier molecular flexibility index (Phi) is 6.86. The molecule has 2 N–H and O–H groups in total. The van der Waals surface area contributed by atoms with E-state index in [1.165, 1.54) is 0 Å². The van der Waals surface area contributed by atoms with E-state index >= 15 is 0 Å². The molecule has 1 aliphatic rings. The molecule has 0 saturated heterocycles. The first kappa shape index (κ1) is 18.6. The lowest BCUT2D eigenvalue weighted by Crippen LogP contribution is -2.63. The molecule has 0 spiro atoms. The summed E-state index contributed by atoms with van der Waals surface area (Å²) in [5.74, 6) is 0.825. The van der Waals surface area contributed by atoms with Crippen LogP contribution in [0.15, 0.2) is 10.4 Å². The topological polar surface area (TPSA) is 58.5 Å². The van der Waals surface area contributed by atoms with E-state index < -0.39 is 0 Å². The quantitative estimate of drug-likeness (QED) is 0.443. The van der Waals surface area contributed by atoms with E-state index in [9.17, 15) is 0 Å². The Bertz CT molecular complexity index is 489. The average molecular weight is 424 g/mol. The van der Waals surface area contributed by atoms with Crippen LogP contribution in [0.3, 0.4) is 0 Å². The molecule has 0 bridgehead atoms. The second-order valence-corrected chi connectivity index (χ2v) is 6.73. The highest BCUT2D eigenvalue weighted by molar-refractivity contribution is 14.0. The van der Waals surface area contributed by atoms with Crippen LogP contribution in [-0.2, 0) is 11.3 Å². The van der Waals surface area contributed by atoms with Gasteiger partial charge < -0.3 is 15.4 Å². The van der Waals surface area contributed by atoms with Gasteiger partial charge in [-0.25, -0.2) is 4.98 Å². The van der Waals surface area contributed by atoms with Gasteiger partial charge in [-0.1, -0.05) is 13.8 Å². The number of aromatic nitrogens is 1. The lowest BCUT2D eigenvalue weighted by molar-refractivity contribution is -0.0922. The van der Waals surface area contributed by atoms with Crippen LogP contribution in [0.4, 0.5) is 0 Å². The maximum atomic E-state index is 5.47. The summed E-state index contributed by atoms with van der Waals surface area (Å²) < 4.78 is 5.47. The normalized spacial score (nSPS) is 24.0. The summed E-state index contributed by atoms with van der Waals surface area (Å²) in [6, 6.07) is 0.386. The van der Waals surface area contributed by atoms with Gasteiger partial charge in [0, 0.05) is 36.7 Å². The van der Waals surface area contributed by atoms with Crippen LogP contribution in [0, 0.1) is 12.3 Å². The van der Waals surface area contributed by atoms with Gasteiger partial charge in [0.1, 0.15) is 5.01 Å². The van der Waals surface area contributed by atoms with Gasteiger partial charge in [-0.05, 0) is 13.3 Å². The Hall–Kier alpha value is -0.410. The van der Waals surface area contributed by atoms with Crippen LogP contribution in [0.1, 0.15) is 31.0 Å². The molecule has 1 aliphatic carbocycles. The van der Waals surface area contributed by atoms with Gasteiger partial charge >= 0.3 is 0 Å². The molecule has 2 atom stereocenters. The minimum Gasteiger partial charge on any atom is -0.381 e. The molecule has 5 nitrogen and oxygen atoms in total. The van der Waals surface area contributed by atoms with E-state index in [-0.39, 0.29) is 29.4 Å². The minimum absolute atomic E-state index is 0. The van der Waals surface area contributed by atoms with Gasteiger partial charge in [-0.3, -0.25) is 4.99 Å². The molecule has 120 valence electrons. The third kappa shape index (κ3) is 4.29. The number of ether oxygens (including phenoxy) is 1. The van der Waals surface area contributed by atoms with Crippen molar-refractivity contribution in [3.05, 3.63) is 16.1 Å². The van der Waals surface area contributed by atoms with Gasteiger partial charge in [0.2, 0.25) is 0 Å². The van der Waals surface area contributed by atoms with E-state index in [0.717, 1.165) is 23.1 Å². The fourth-order valence-electron chi connectivity index (χ4n) is 2.53. The molecule has 1 aromatic heterocycles. The molecule has 1 saturated carbocycles. The number of guanidine groups is 1. The summed E-state index contributed by atoms with van der Waals surface area (Å²) in [6.45, 7) is 7.16. The average Bonchev–Trinajstić information content (AvgIpc) is 2.83. The highest BCUT2D eigenvalue weighted by Crippen LogP contribution is 2.42. The van der Waals surface area contributed by atoms with Gasteiger partial charge in [0.15, 0.2) is 5.96 Å². The highest BCUT2D eigenvalue weighted by atomic mass is 127. The standard InChI is InChI=1S/C14H24N4OS.HI/c1-9-8-20-12(17-9)7-16-13(15-4)18-10-6-11(19-5)14(10,2)3;/h8,10-11H,6-7H2,1-5H3,(H2,15,16,18);1H. The van der Waals surface area contributed by atoms with E-state index in [0.29, 0.717) is 18.7 Å². The summed E-state index contributed by atoms with van der Waals surface area (Å²) in [5, 5.41) is 9.92. The van der Waals surface area contributed by atoms with Crippen molar-refractivity contribution in [1.29, 1.82) is 0 Å². The first-order valence-electron chi connectivity index (χ1n) is 6.88. The van der Waals surface area contributed by atoms with E-state index in [1.807, 2.05) is 6.92 Å². The Morgan fingerprint density at radius 2 is 2.29 bits per heavy atom.